The van der Waals surface area contributed by atoms with Gasteiger partial charge in [-0.05, 0) is 45.1 Å². The number of imidazole rings is 1. The minimum Gasteiger partial charge on any atom is -0.306 e. The third-order valence-electron chi connectivity index (χ3n) is 3.60. The number of piperidine rings is 1. The highest BCUT2D eigenvalue weighted by Gasteiger charge is 2.20. The molecule has 0 bridgehead atoms. The molecule has 2 aromatic heterocycles. The zero-order valence-corrected chi connectivity index (χ0v) is 10.7. The van der Waals surface area contributed by atoms with Crippen molar-refractivity contribution in [3.8, 4) is 0 Å². The third-order valence-corrected chi connectivity index (χ3v) is 3.91. The highest BCUT2D eigenvalue weighted by Crippen LogP contribution is 2.27. The van der Waals surface area contributed by atoms with Crippen molar-refractivity contribution in [3.63, 3.8) is 0 Å². The molecule has 0 radical (unpaired) electrons. The molecule has 3 rings (SSSR count). The summed E-state index contributed by atoms with van der Waals surface area (Å²) in [5.41, 5.74) is 2.14. The van der Waals surface area contributed by atoms with E-state index in [1.54, 1.807) is 0 Å². The minimum atomic E-state index is 0.585. The van der Waals surface area contributed by atoms with Crippen molar-refractivity contribution in [2.45, 2.75) is 18.8 Å². The van der Waals surface area contributed by atoms with Crippen LogP contribution in [0.2, 0.25) is 5.15 Å². The monoisotopic (exact) mass is 249 g/mol. The lowest BCUT2D eigenvalue weighted by molar-refractivity contribution is 0.253. The maximum atomic E-state index is 6.15. The smallest absolute Gasteiger partial charge is 0.138 e. The zero-order chi connectivity index (χ0) is 11.8. The predicted molar refractivity (Wildman–Crippen MR) is 69.7 cm³/mol. The Balaban J connectivity index is 1.93. The SMILES string of the molecule is CN1CCC(c2cn3c(Cl)cccc3n2)CC1. The van der Waals surface area contributed by atoms with E-state index in [0.29, 0.717) is 5.92 Å². The molecule has 0 spiro atoms. The Bertz CT molecular complexity index is 526. The van der Waals surface area contributed by atoms with Crippen LogP contribution in [0.15, 0.2) is 24.4 Å². The van der Waals surface area contributed by atoms with Crippen LogP contribution in [0.4, 0.5) is 0 Å². The first-order valence-corrected chi connectivity index (χ1v) is 6.44. The maximum Gasteiger partial charge on any atom is 0.138 e. The number of pyridine rings is 1. The van der Waals surface area contributed by atoms with E-state index in [2.05, 4.69) is 23.1 Å². The zero-order valence-electron chi connectivity index (χ0n) is 9.93. The Morgan fingerprint density at radius 1 is 1.29 bits per heavy atom. The van der Waals surface area contributed by atoms with E-state index in [1.165, 1.54) is 18.5 Å². The number of halogens is 1. The van der Waals surface area contributed by atoms with Crippen LogP contribution in [-0.2, 0) is 0 Å². The highest BCUT2D eigenvalue weighted by atomic mass is 35.5. The molecule has 4 heteroatoms. The van der Waals surface area contributed by atoms with Crippen LogP contribution in [0.3, 0.4) is 0 Å². The number of likely N-dealkylation sites (tertiary alicyclic amines) is 1. The van der Waals surface area contributed by atoms with Crippen molar-refractivity contribution in [3.05, 3.63) is 35.2 Å². The summed E-state index contributed by atoms with van der Waals surface area (Å²) < 4.78 is 1.97. The number of hydrogen-bond donors (Lipinski definition) is 0. The van der Waals surface area contributed by atoms with Crippen LogP contribution < -0.4 is 0 Å². The molecule has 0 unspecified atom stereocenters. The van der Waals surface area contributed by atoms with E-state index in [4.69, 9.17) is 11.6 Å². The first kappa shape index (κ1) is 11.1. The van der Waals surface area contributed by atoms with Gasteiger partial charge in [-0.25, -0.2) is 4.98 Å². The van der Waals surface area contributed by atoms with E-state index in [9.17, 15) is 0 Å². The van der Waals surface area contributed by atoms with Crippen molar-refractivity contribution >= 4 is 17.2 Å². The molecule has 1 aliphatic rings. The fraction of sp³-hybridized carbons (Fsp3) is 0.462. The molecule has 17 heavy (non-hydrogen) atoms. The molecule has 2 aromatic rings. The lowest BCUT2D eigenvalue weighted by Gasteiger charge is -2.27. The summed E-state index contributed by atoms with van der Waals surface area (Å²) in [6, 6.07) is 5.85. The molecule has 1 saturated heterocycles. The van der Waals surface area contributed by atoms with Gasteiger partial charge in [0.2, 0.25) is 0 Å². The minimum absolute atomic E-state index is 0.585. The van der Waals surface area contributed by atoms with Crippen molar-refractivity contribution in [2.24, 2.45) is 0 Å². The highest BCUT2D eigenvalue weighted by molar-refractivity contribution is 6.29. The lowest BCUT2D eigenvalue weighted by atomic mass is 9.94. The molecule has 0 N–H and O–H groups in total. The quantitative estimate of drug-likeness (QED) is 0.725. The van der Waals surface area contributed by atoms with Crippen LogP contribution in [0.1, 0.15) is 24.5 Å². The summed E-state index contributed by atoms with van der Waals surface area (Å²) in [5.74, 6) is 0.585. The van der Waals surface area contributed by atoms with Crippen molar-refractivity contribution in [1.29, 1.82) is 0 Å². The molecular weight excluding hydrogens is 234 g/mol. The molecule has 90 valence electrons. The largest absolute Gasteiger partial charge is 0.306 e. The Labute approximate surface area is 106 Å². The van der Waals surface area contributed by atoms with Crippen molar-refractivity contribution in [1.82, 2.24) is 14.3 Å². The first-order valence-electron chi connectivity index (χ1n) is 6.06. The van der Waals surface area contributed by atoms with E-state index < -0.39 is 0 Å². The summed E-state index contributed by atoms with van der Waals surface area (Å²) in [6.45, 7) is 2.32. The van der Waals surface area contributed by atoms with Gasteiger partial charge in [0, 0.05) is 12.1 Å². The fourth-order valence-corrected chi connectivity index (χ4v) is 2.71. The number of hydrogen-bond acceptors (Lipinski definition) is 2. The Morgan fingerprint density at radius 2 is 2.06 bits per heavy atom. The second-order valence-corrected chi connectivity index (χ2v) is 5.21. The van der Waals surface area contributed by atoms with Gasteiger partial charge in [0.15, 0.2) is 0 Å². The topological polar surface area (TPSA) is 20.5 Å². The van der Waals surface area contributed by atoms with Gasteiger partial charge in [-0.3, -0.25) is 4.40 Å². The first-order chi connectivity index (χ1) is 8.24. The van der Waals surface area contributed by atoms with E-state index >= 15 is 0 Å². The molecule has 0 amide bonds. The number of nitrogens with zero attached hydrogens (tertiary/aromatic N) is 3. The lowest BCUT2D eigenvalue weighted by Crippen LogP contribution is -2.29. The van der Waals surface area contributed by atoms with Gasteiger partial charge < -0.3 is 4.90 Å². The van der Waals surface area contributed by atoms with Crippen molar-refractivity contribution < 1.29 is 0 Å². The van der Waals surface area contributed by atoms with Gasteiger partial charge in [-0.1, -0.05) is 17.7 Å². The molecule has 1 fully saturated rings. The summed E-state index contributed by atoms with van der Waals surface area (Å²) in [7, 11) is 2.18. The van der Waals surface area contributed by atoms with Crippen LogP contribution in [0.25, 0.3) is 5.65 Å². The Kier molecular flexibility index (Phi) is 2.81. The van der Waals surface area contributed by atoms with Gasteiger partial charge in [0.1, 0.15) is 10.8 Å². The van der Waals surface area contributed by atoms with Crippen LogP contribution >= 0.6 is 11.6 Å². The molecular formula is C13H16ClN3. The summed E-state index contributed by atoms with van der Waals surface area (Å²) in [5, 5.41) is 0.731. The third kappa shape index (κ3) is 2.05. The maximum absolute atomic E-state index is 6.15. The molecule has 0 atom stereocenters. The normalized spacial score (nSPS) is 18.9. The molecule has 0 aromatic carbocycles. The molecule has 1 aliphatic heterocycles. The van der Waals surface area contributed by atoms with Crippen molar-refractivity contribution in [2.75, 3.05) is 20.1 Å². The molecule has 0 aliphatic carbocycles. The summed E-state index contributed by atoms with van der Waals surface area (Å²) in [4.78, 5) is 7.06. The van der Waals surface area contributed by atoms with Crippen LogP contribution in [0, 0.1) is 0 Å². The van der Waals surface area contributed by atoms with Gasteiger partial charge in [0.05, 0.1) is 5.69 Å². The second-order valence-electron chi connectivity index (χ2n) is 4.82. The van der Waals surface area contributed by atoms with Crippen LogP contribution in [-0.4, -0.2) is 34.4 Å². The number of aromatic nitrogens is 2. The predicted octanol–water partition coefficient (Wildman–Crippen LogP) is 2.80. The van der Waals surface area contributed by atoms with E-state index in [1.807, 2.05) is 22.6 Å². The second kappa shape index (κ2) is 4.31. The molecule has 0 saturated carbocycles. The molecule has 3 nitrogen and oxygen atoms in total. The van der Waals surface area contributed by atoms with Gasteiger partial charge >= 0.3 is 0 Å². The Hall–Kier alpha value is -1.06. The van der Waals surface area contributed by atoms with Crippen LogP contribution in [0.5, 0.6) is 0 Å². The fourth-order valence-electron chi connectivity index (χ4n) is 2.50. The van der Waals surface area contributed by atoms with Gasteiger partial charge in [-0.15, -0.1) is 0 Å². The van der Waals surface area contributed by atoms with E-state index in [-0.39, 0.29) is 0 Å². The molecule has 3 heterocycles. The summed E-state index contributed by atoms with van der Waals surface area (Å²) in [6.07, 6.45) is 4.48. The number of fused-ring (bicyclic) bond motifs is 1. The summed E-state index contributed by atoms with van der Waals surface area (Å²) >= 11 is 6.15. The average molecular weight is 250 g/mol. The van der Waals surface area contributed by atoms with Gasteiger partial charge in [0.25, 0.3) is 0 Å². The Morgan fingerprint density at radius 3 is 2.76 bits per heavy atom. The van der Waals surface area contributed by atoms with Gasteiger partial charge in [-0.2, -0.15) is 0 Å². The van der Waals surface area contributed by atoms with E-state index in [0.717, 1.165) is 23.9 Å². The standard InChI is InChI=1S/C13H16ClN3/c1-16-7-5-10(6-8-16)11-9-17-12(14)3-2-4-13(17)15-11/h2-4,9-10H,5-8H2,1H3. The average Bonchev–Trinajstić information content (AvgIpc) is 2.75. The number of rotatable bonds is 1.